The van der Waals surface area contributed by atoms with Gasteiger partial charge < -0.3 is 22.1 Å². The normalized spacial score (nSPS) is 13.0. The molecule has 1 atom stereocenters. The zero-order valence-electron chi connectivity index (χ0n) is 76.0. The number of fused-ring (bicyclic) bond motifs is 15. The van der Waals surface area contributed by atoms with Gasteiger partial charge in [-0.15, -0.1) is 0 Å². The van der Waals surface area contributed by atoms with Gasteiger partial charge in [0.25, 0.3) is 0 Å². The largest absolute Gasteiger partial charge is 0.437 e. The zero-order chi connectivity index (χ0) is 87.8. The molecule has 0 N–H and O–H groups in total. The minimum atomic E-state index is -2.39. The fourth-order valence-corrected chi connectivity index (χ4v) is 16.0. The fraction of sp³-hybridized carbons (Fsp3) is 0.231. The molecule has 119 heavy (non-hydrogen) atoms. The molecule has 0 aliphatic rings. The van der Waals surface area contributed by atoms with E-state index in [0.29, 0.717) is 34.2 Å². The summed E-state index contributed by atoms with van der Waals surface area (Å²) in [5.41, 5.74) is 28.8. The van der Waals surface area contributed by atoms with E-state index in [0.717, 1.165) is 178 Å². The van der Waals surface area contributed by atoms with E-state index in [1.807, 2.05) is 120 Å². The van der Waals surface area contributed by atoms with Crippen molar-refractivity contribution in [3.05, 3.63) is 300 Å². The average Bonchev–Trinajstić information content (AvgIpc) is 1.63. The minimum Gasteiger partial charge on any atom is -0.437 e. The summed E-state index contributed by atoms with van der Waals surface area (Å²) in [7, 11) is 10.2. The topological polar surface area (TPSA) is 150 Å². The van der Waals surface area contributed by atoms with Crippen molar-refractivity contribution >= 4 is 110 Å². The van der Waals surface area contributed by atoms with Crippen LogP contribution in [0, 0.1) is 47.4 Å². The molecule has 0 aliphatic heterocycles. The van der Waals surface area contributed by atoms with E-state index in [1.165, 1.54) is 23.6 Å². The molecule has 0 radical (unpaired) electrons. The molecule has 1 unspecified atom stereocenters. The summed E-state index contributed by atoms with van der Waals surface area (Å²) >= 11 is 0. The molecule has 0 saturated heterocycles. The van der Waals surface area contributed by atoms with E-state index in [9.17, 15) is 0 Å². The van der Waals surface area contributed by atoms with Gasteiger partial charge in [0.05, 0.1) is 27.8 Å². The van der Waals surface area contributed by atoms with E-state index in [4.69, 9.17) is 33.9 Å². The van der Waals surface area contributed by atoms with Crippen molar-refractivity contribution in [2.45, 2.75) is 121 Å². The lowest BCUT2D eigenvalue weighted by atomic mass is 9.91. The monoisotopic (exact) mass is 1580 g/mol. The Morgan fingerprint density at radius 2 is 0.613 bits per heavy atom. The Labute approximate surface area is 701 Å². The highest BCUT2D eigenvalue weighted by Crippen LogP contribution is 2.43. The summed E-state index contributed by atoms with van der Waals surface area (Å²) in [6.07, 6.45) is 11.1. The van der Waals surface area contributed by atoms with E-state index < -0.39 is 18.6 Å². The van der Waals surface area contributed by atoms with Gasteiger partial charge in [-0.3, -0.25) is 0 Å². The molecule has 5 aromatic carbocycles. The van der Waals surface area contributed by atoms with Crippen LogP contribution < -0.4 is 22.8 Å². The molecule has 20 rings (SSSR count). The molecule has 15 aromatic heterocycles. The Hall–Kier alpha value is -13.4. The molecule has 0 saturated carbocycles. The number of hydrogen-bond donors (Lipinski definition) is 0. The van der Waals surface area contributed by atoms with Crippen LogP contribution in [0.2, 0.25) is 0 Å². The minimum absolute atomic E-state index is 0.00220. The maximum Gasteiger partial charge on any atom is 0.227 e. The quantitative estimate of drug-likeness (QED) is 0.128. The van der Waals surface area contributed by atoms with Crippen molar-refractivity contribution in [3.63, 3.8) is 0 Å². The predicted molar refractivity (Wildman–Crippen MR) is 480 cm³/mol. The molecule has 0 amide bonds. The average molecular weight is 1580 g/mol. The van der Waals surface area contributed by atoms with Gasteiger partial charge in [0.1, 0.15) is 35.2 Å². The van der Waals surface area contributed by atoms with Crippen LogP contribution in [-0.4, -0.2) is 24.9 Å². The highest BCUT2D eigenvalue weighted by Gasteiger charge is 2.28. The lowest BCUT2D eigenvalue weighted by Crippen LogP contribution is -2.30. The third-order valence-corrected chi connectivity index (χ3v) is 22.5. The van der Waals surface area contributed by atoms with E-state index in [-0.39, 0.29) is 11.8 Å². The lowest BCUT2D eigenvalue weighted by molar-refractivity contribution is -0.660. The Bertz CT molecular complexity index is 7370. The van der Waals surface area contributed by atoms with Crippen molar-refractivity contribution in [2.24, 2.45) is 41.1 Å². The van der Waals surface area contributed by atoms with Crippen molar-refractivity contribution < 1.29 is 51.8 Å². The van der Waals surface area contributed by atoms with Crippen LogP contribution in [0.1, 0.15) is 124 Å². The van der Waals surface area contributed by atoms with Crippen molar-refractivity contribution in [1.82, 2.24) is 24.9 Å². The van der Waals surface area contributed by atoms with E-state index in [2.05, 4.69) is 278 Å². The van der Waals surface area contributed by atoms with Gasteiger partial charge in [0.2, 0.25) is 57.0 Å². The molecule has 0 fully saturated rings. The molecular weight excluding hydrogens is 1470 g/mol. The second kappa shape index (κ2) is 32.6. The van der Waals surface area contributed by atoms with Gasteiger partial charge in [-0.05, 0) is 185 Å². The van der Waals surface area contributed by atoms with Gasteiger partial charge >= 0.3 is 0 Å². The van der Waals surface area contributed by atoms with Crippen LogP contribution in [0.4, 0.5) is 0 Å². The lowest BCUT2D eigenvalue weighted by Gasteiger charge is -2.16. The number of benzene rings is 5. The van der Waals surface area contributed by atoms with Crippen molar-refractivity contribution in [3.8, 4) is 56.3 Å². The van der Waals surface area contributed by atoms with Crippen LogP contribution in [0.25, 0.3) is 167 Å². The van der Waals surface area contributed by atoms with Crippen LogP contribution in [-0.2, 0) is 53.5 Å². The molecule has 15 nitrogen and oxygen atoms in total. The second-order valence-corrected chi connectivity index (χ2v) is 32.4. The van der Waals surface area contributed by atoms with Crippen molar-refractivity contribution in [2.75, 3.05) is 0 Å². The summed E-state index contributed by atoms with van der Waals surface area (Å²) < 4.78 is 80.7. The summed E-state index contributed by atoms with van der Waals surface area (Å²) in [6.45, 7) is 23.8. The number of aryl methyl sites for hydroxylation is 12. The summed E-state index contributed by atoms with van der Waals surface area (Å²) in [6, 6.07) is 72.2. The Balaban J connectivity index is 0.000000115. The summed E-state index contributed by atoms with van der Waals surface area (Å²) in [5.74, 6) is -2.36. The number of furan rings is 5. The van der Waals surface area contributed by atoms with Crippen LogP contribution in [0.5, 0.6) is 0 Å². The number of rotatable bonds is 9. The first kappa shape index (κ1) is 73.2. The van der Waals surface area contributed by atoms with Gasteiger partial charge in [0, 0.05) is 155 Å². The van der Waals surface area contributed by atoms with Gasteiger partial charge in [-0.1, -0.05) is 116 Å². The Morgan fingerprint density at radius 3 is 0.933 bits per heavy atom. The van der Waals surface area contributed by atoms with Gasteiger partial charge in [-0.2, -0.15) is 0 Å². The van der Waals surface area contributed by atoms with E-state index >= 15 is 0 Å². The maximum absolute atomic E-state index is 8.21. The zero-order valence-corrected chi connectivity index (χ0v) is 71.0. The first-order valence-corrected chi connectivity index (χ1v) is 40.5. The third-order valence-electron chi connectivity index (χ3n) is 22.5. The standard InChI is InChI=1S/2C22H23N2O.C21H21N2O.C20H19N2O.C19H17N2O/c1-14-9-10-15-16-11-12-18(22(2,3)4)23-21(16)25-20(15)19(14)17-8-6-7-13-24(17)5;1-14(2)13-16-9-11-18-17-10-8-15(3)20(21(17)25-22(18)23-16)19-7-5-6-12-24(19)4;1-13(2)17-11-10-16-15-9-8-14(3)19(20(15)24-21(16)22-17)18-7-5-6-12-23(18)4;1-4-14-9-11-16-15-10-8-13(2)18(19(15)23-20(16)21-14)17-7-5-6-12-22(17)3;1-12-7-9-14-15-10-8-13(2)20-19(15)22-18(14)17(12)16-6-4-5-11-21(16)3/h6-13H,1-5H3;5-12,14H,13H2,1-4H3;5-13H,1-4H3;5-12H,4H2,1-3H3;4-11H,1-3H3/q5*+1/i;1D3,14D;13D;;. The Kier molecular flexibility index (Phi) is 20.1. The molecule has 0 spiro atoms. The molecular formula is C104H103N10O5+5. The van der Waals surface area contributed by atoms with Crippen LogP contribution >= 0.6 is 0 Å². The number of hydrogen-bond acceptors (Lipinski definition) is 10. The van der Waals surface area contributed by atoms with Crippen molar-refractivity contribution in [1.29, 1.82) is 0 Å². The second-order valence-electron chi connectivity index (χ2n) is 32.4. The first-order chi connectivity index (χ1) is 59.1. The van der Waals surface area contributed by atoms with E-state index in [1.54, 1.807) is 6.07 Å². The number of pyridine rings is 10. The molecule has 20 aromatic rings. The molecule has 15 heteroatoms. The molecule has 0 aliphatic carbocycles. The molecule has 15 heterocycles. The smallest absolute Gasteiger partial charge is 0.227 e. The predicted octanol–water partition coefficient (Wildman–Crippen LogP) is 23.4. The molecule has 0 bridgehead atoms. The SMILES string of the molecule is CCc1ccc2c(n1)oc1c(-c3cccc[n+]3C)c(C)ccc12.Cc1ccc2c(n1)oc1c(-c3cccc[n+]3C)c(C)ccc12.Cc1ccc2c(oc3nc(C(C)(C)C)ccc32)c1-c1cccc[n+]1C.[2H]C(C)(C)c1ccc2c(n1)oc1c(-c3cccc[n+]3C)c(C)ccc12.[2H]C([2H])([2H])C([2H])(C)Cc1ccc2c(n1)oc1c(-c3cccc[n+]3C)c(C)ccc12. The third kappa shape index (κ3) is 15.4. The van der Waals surface area contributed by atoms with Crippen LogP contribution in [0.15, 0.2) is 265 Å². The highest BCUT2D eigenvalue weighted by molar-refractivity contribution is 6.13. The first-order valence-electron chi connectivity index (χ1n) is 43.0. The highest BCUT2D eigenvalue weighted by atomic mass is 16.4. The van der Waals surface area contributed by atoms with Gasteiger partial charge in [0.15, 0.2) is 58.9 Å². The summed E-state index contributed by atoms with van der Waals surface area (Å²) in [5, 5.41) is 10.5. The summed E-state index contributed by atoms with van der Waals surface area (Å²) in [4.78, 5) is 23.1. The number of aromatic nitrogens is 10. The Morgan fingerprint density at radius 1 is 0.328 bits per heavy atom. The fourth-order valence-electron chi connectivity index (χ4n) is 16.0. The van der Waals surface area contributed by atoms with Gasteiger partial charge in [-0.25, -0.2) is 47.8 Å². The number of nitrogens with zero attached hydrogens (tertiary/aromatic N) is 10. The molecule has 594 valence electrons. The maximum atomic E-state index is 8.21. The van der Waals surface area contributed by atoms with Crippen LogP contribution in [0.3, 0.4) is 0 Å².